The molecule has 0 aliphatic heterocycles. The first-order chi connectivity index (χ1) is 8.66. The van der Waals surface area contributed by atoms with E-state index < -0.39 is 6.10 Å². The lowest BCUT2D eigenvalue weighted by molar-refractivity contribution is -0.127. The number of nitrogens with one attached hydrogen (secondary N) is 1. The van der Waals surface area contributed by atoms with Crippen molar-refractivity contribution in [3.8, 4) is 0 Å². The van der Waals surface area contributed by atoms with E-state index in [1.807, 2.05) is 6.07 Å². The second-order valence-electron chi connectivity index (χ2n) is 5.13. The van der Waals surface area contributed by atoms with Gasteiger partial charge in [0.15, 0.2) is 0 Å². The van der Waals surface area contributed by atoms with Gasteiger partial charge in [-0.1, -0.05) is 29.8 Å². The zero-order chi connectivity index (χ0) is 13.0. The van der Waals surface area contributed by atoms with Crippen LogP contribution in [0, 0.1) is 12.8 Å². The third-order valence-corrected chi connectivity index (χ3v) is 3.61. The molecule has 1 aliphatic rings. The molecule has 1 fully saturated rings. The highest BCUT2D eigenvalue weighted by molar-refractivity contribution is 5.79. The molecule has 98 valence electrons. The van der Waals surface area contributed by atoms with Crippen LogP contribution in [0.15, 0.2) is 24.3 Å². The molecule has 1 aliphatic carbocycles. The van der Waals surface area contributed by atoms with Crippen molar-refractivity contribution in [2.45, 2.75) is 38.7 Å². The van der Waals surface area contributed by atoms with Crippen molar-refractivity contribution in [3.63, 3.8) is 0 Å². The van der Waals surface area contributed by atoms with E-state index in [9.17, 15) is 9.90 Å². The summed E-state index contributed by atoms with van der Waals surface area (Å²) in [6, 6.07) is 8.31. The Labute approximate surface area is 108 Å². The lowest BCUT2D eigenvalue weighted by atomic mass is 10.0. The Morgan fingerprint density at radius 1 is 1.44 bits per heavy atom. The van der Waals surface area contributed by atoms with E-state index in [0.717, 1.165) is 25.7 Å². The standard InChI is InChI=1S/C15H21NO2/c1-11-4-2-5-12(10-11)8-9-16-15(18)13-6-3-7-14(13)17/h2,4-5,10,13-14,17H,3,6-9H2,1H3,(H,16,18). The molecule has 0 heterocycles. The monoisotopic (exact) mass is 247 g/mol. The maximum atomic E-state index is 11.8. The van der Waals surface area contributed by atoms with Gasteiger partial charge in [0, 0.05) is 6.54 Å². The molecular weight excluding hydrogens is 226 g/mol. The summed E-state index contributed by atoms with van der Waals surface area (Å²) < 4.78 is 0. The van der Waals surface area contributed by atoms with Gasteiger partial charge in [0.25, 0.3) is 0 Å². The van der Waals surface area contributed by atoms with E-state index >= 15 is 0 Å². The van der Waals surface area contributed by atoms with Crippen molar-refractivity contribution >= 4 is 5.91 Å². The first kappa shape index (κ1) is 13.1. The molecule has 0 aromatic heterocycles. The minimum atomic E-state index is -0.441. The van der Waals surface area contributed by atoms with Crippen LogP contribution in [0.2, 0.25) is 0 Å². The van der Waals surface area contributed by atoms with Crippen molar-refractivity contribution in [2.24, 2.45) is 5.92 Å². The Morgan fingerprint density at radius 2 is 2.28 bits per heavy atom. The Balaban J connectivity index is 1.77. The molecule has 1 amide bonds. The average Bonchev–Trinajstić information content (AvgIpc) is 2.75. The Bertz CT molecular complexity index is 417. The molecular formula is C15H21NO2. The van der Waals surface area contributed by atoms with Gasteiger partial charge in [-0.05, 0) is 38.2 Å². The van der Waals surface area contributed by atoms with Crippen molar-refractivity contribution in [1.82, 2.24) is 5.32 Å². The summed E-state index contributed by atoms with van der Waals surface area (Å²) in [5.41, 5.74) is 2.48. The molecule has 0 spiro atoms. The number of amides is 1. The average molecular weight is 247 g/mol. The first-order valence-electron chi connectivity index (χ1n) is 6.68. The maximum absolute atomic E-state index is 11.8. The first-order valence-corrected chi connectivity index (χ1v) is 6.68. The van der Waals surface area contributed by atoms with E-state index in [4.69, 9.17) is 0 Å². The summed E-state index contributed by atoms with van der Waals surface area (Å²) in [4.78, 5) is 11.8. The summed E-state index contributed by atoms with van der Waals surface area (Å²) in [5.74, 6) is -0.185. The summed E-state index contributed by atoms with van der Waals surface area (Å²) in [7, 11) is 0. The third-order valence-electron chi connectivity index (χ3n) is 3.61. The second-order valence-corrected chi connectivity index (χ2v) is 5.13. The van der Waals surface area contributed by atoms with Crippen molar-refractivity contribution in [3.05, 3.63) is 35.4 Å². The van der Waals surface area contributed by atoms with Gasteiger partial charge in [-0.3, -0.25) is 4.79 Å². The molecule has 1 aromatic rings. The number of carbonyl (C=O) groups is 1. The molecule has 2 rings (SSSR count). The number of hydrogen-bond donors (Lipinski definition) is 2. The predicted molar refractivity (Wildman–Crippen MR) is 71.2 cm³/mol. The van der Waals surface area contributed by atoms with Crippen LogP contribution in [0.5, 0.6) is 0 Å². The minimum Gasteiger partial charge on any atom is -0.392 e. The highest BCUT2D eigenvalue weighted by atomic mass is 16.3. The number of aliphatic hydroxyl groups is 1. The summed E-state index contributed by atoms with van der Waals surface area (Å²) in [6.07, 6.45) is 2.94. The molecule has 1 aromatic carbocycles. The van der Waals surface area contributed by atoms with Crippen LogP contribution >= 0.6 is 0 Å². The van der Waals surface area contributed by atoms with Crippen LogP contribution in [-0.4, -0.2) is 23.7 Å². The van der Waals surface area contributed by atoms with Gasteiger partial charge >= 0.3 is 0 Å². The smallest absolute Gasteiger partial charge is 0.225 e. The van der Waals surface area contributed by atoms with Crippen LogP contribution in [0.25, 0.3) is 0 Å². The minimum absolute atomic E-state index is 0.00709. The number of carbonyl (C=O) groups excluding carboxylic acids is 1. The van der Waals surface area contributed by atoms with E-state index in [1.54, 1.807) is 0 Å². The molecule has 2 atom stereocenters. The van der Waals surface area contributed by atoms with Gasteiger partial charge in [-0.25, -0.2) is 0 Å². The summed E-state index contributed by atoms with van der Waals surface area (Å²) >= 11 is 0. The zero-order valence-electron chi connectivity index (χ0n) is 10.9. The maximum Gasteiger partial charge on any atom is 0.225 e. The predicted octanol–water partition coefficient (Wildman–Crippen LogP) is 1.81. The molecule has 0 bridgehead atoms. The van der Waals surface area contributed by atoms with Gasteiger partial charge in [0.05, 0.1) is 12.0 Å². The van der Waals surface area contributed by atoms with Gasteiger partial charge < -0.3 is 10.4 Å². The molecule has 3 heteroatoms. The van der Waals surface area contributed by atoms with Crippen LogP contribution in [0.1, 0.15) is 30.4 Å². The van der Waals surface area contributed by atoms with E-state index in [2.05, 4.69) is 30.4 Å². The Hall–Kier alpha value is -1.35. The van der Waals surface area contributed by atoms with Gasteiger partial charge in [0.2, 0.25) is 5.91 Å². The van der Waals surface area contributed by atoms with Crippen molar-refractivity contribution < 1.29 is 9.90 Å². The van der Waals surface area contributed by atoms with Crippen LogP contribution in [0.3, 0.4) is 0 Å². The second kappa shape index (κ2) is 6.01. The fourth-order valence-electron chi connectivity index (χ4n) is 2.58. The number of hydrogen-bond acceptors (Lipinski definition) is 2. The quantitative estimate of drug-likeness (QED) is 0.852. The number of aryl methyl sites for hydroxylation is 1. The SMILES string of the molecule is Cc1cccc(CCNC(=O)C2CCCC2O)c1. The van der Waals surface area contributed by atoms with E-state index in [0.29, 0.717) is 6.54 Å². The fourth-order valence-corrected chi connectivity index (χ4v) is 2.58. The highest BCUT2D eigenvalue weighted by Gasteiger charge is 2.30. The highest BCUT2D eigenvalue weighted by Crippen LogP contribution is 2.25. The van der Waals surface area contributed by atoms with Crippen LogP contribution in [-0.2, 0) is 11.2 Å². The molecule has 18 heavy (non-hydrogen) atoms. The van der Waals surface area contributed by atoms with Gasteiger partial charge in [-0.15, -0.1) is 0 Å². The molecule has 1 saturated carbocycles. The number of rotatable bonds is 4. The summed E-state index contributed by atoms with van der Waals surface area (Å²) in [5, 5.41) is 12.6. The normalized spacial score (nSPS) is 23.0. The lowest BCUT2D eigenvalue weighted by Gasteiger charge is -2.14. The van der Waals surface area contributed by atoms with E-state index in [-0.39, 0.29) is 11.8 Å². The molecule has 3 nitrogen and oxygen atoms in total. The molecule has 2 N–H and O–H groups in total. The topological polar surface area (TPSA) is 49.3 Å². The molecule has 0 saturated heterocycles. The van der Waals surface area contributed by atoms with Crippen LogP contribution < -0.4 is 5.32 Å². The van der Waals surface area contributed by atoms with Gasteiger partial charge in [-0.2, -0.15) is 0 Å². The van der Waals surface area contributed by atoms with Crippen LogP contribution in [0.4, 0.5) is 0 Å². The molecule has 0 radical (unpaired) electrons. The zero-order valence-corrected chi connectivity index (χ0v) is 10.9. The lowest BCUT2D eigenvalue weighted by Crippen LogP contribution is -2.35. The Kier molecular flexibility index (Phi) is 4.37. The number of benzene rings is 1. The number of aliphatic hydroxyl groups excluding tert-OH is 1. The fraction of sp³-hybridized carbons (Fsp3) is 0.533. The van der Waals surface area contributed by atoms with E-state index in [1.165, 1.54) is 11.1 Å². The third kappa shape index (κ3) is 3.33. The Morgan fingerprint density at radius 3 is 2.94 bits per heavy atom. The molecule has 2 unspecified atom stereocenters. The van der Waals surface area contributed by atoms with Crippen molar-refractivity contribution in [2.75, 3.05) is 6.54 Å². The summed E-state index contributed by atoms with van der Waals surface area (Å²) in [6.45, 7) is 2.71. The van der Waals surface area contributed by atoms with Gasteiger partial charge in [0.1, 0.15) is 0 Å². The van der Waals surface area contributed by atoms with Crippen molar-refractivity contribution in [1.29, 1.82) is 0 Å². The largest absolute Gasteiger partial charge is 0.392 e.